The predicted molar refractivity (Wildman–Crippen MR) is 73.2 cm³/mol. The van der Waals surface area contributed by atoms with Crippen molar-refractivity contribution in [2.45, 2.75) is 38.9 Å². The number of nitrogens with zero attached hydrogens (tertiary/aromatic N) is 2. The Bertz CT molecular complexity index is 509. The Labute approximate surface area is 108 Å². The maximum Gasteiger partial charge on any atom is 0.0568 e. The number of nitrogens with one attached hydrogen (secondary N) is 1. The number of benzene rings is 1. The van der Waals surface area contributed by atoms with E-state index in [1.165, 1.54) is 29.5 Å². The molecule has 3 rings (SSSR count). The van der Waals surface area contributed by atoms with Gasteiger partial charge in [-0.05, 0) is 30.9 Å². The largest absolute Gasteiger partial charge is 0.310 e. The van der Waals surface area contributed by atoms with Gasteiger partial charge in [-0.3, -0.25) is 4.68 Å². The first-order valence-electron chi connectivity index (χ1n) is 6.70. The Morgan fingerprint density at radius 2 is 2.00 bits per heavy atom. The molecule has 1 saturated carbocycles. The van der Waals surface area contributed by atoms with E-state index in [0.717, 1.165) is 19.1 Å². The molecule has 0 amide bonds. The molecule has 1 heterocycles. The number of rotatable bonds is 5. The zero-order valence-corrected chi connectivity index (χ0v) is 10.8. The van der Waals surface area contributed by atoms with E-state index < -0.39 is 0 Å². The quantitative estimate of drug-likeness (QED) is 0.872. The van der Waals surface area contributed by atoms with Gasteiger partial charge in [0.1, 0.15) is 0 Å². The van der Waals surface area contributed by atoms with Crippen molar-refractivity contribution in [1.82, 2.24) is 15.1 Å². The van der Waals surface area contributed by atoms with Gasteiger partial charge in [-0.15, -0.1) is 0 Å². The van der Waals surface area contributed by atoms with Gasteiger partial charge in [0.25, 0.3) is 0 Å². The fourth-order valence-electron chi connectivity index (χ4n) is 2.05. The van der Waals surface area contributed by atoms with Gasteiger partial charge < -0.3 is 5.32 Å². The van der Waals surface area contributed by atoms with Crippen LogP contribution in [-0.4, -0.2) is 15.8 Å². The molecule has 0 spiro atoms. The van der Waals surface area contributed by atoms with Crippen molar-refractivity contribution < 1.29 is 0 Å². The average molecular weight is 241 g/mol. The van der Waals surface area contributed by atoms with Crippen LogP contribution in [0.3, 0.4) is 0 Å². The number of hydrogen-bond acceptors (Lipinski definition) is 2. The minimum absolute atomic E-state index is 0.771. The molecule has 3 nitrogen and oxygen atoms in total. The van der Waals surface area contributed by atoms with Crippen LogP contribution in [0.4, 0.5) is 0 Å². The van der Waals surface area contributed by atoms with E-state index in [1.807, 2.05) is 10.9 Å². The summed E-state index contributed by atoms with van der Waals surface area (Å²) in [7, 11) is 0. The van der Waals surface area contributed by atoms with Crippen LogP contribution in [0, 0.1) is 0 Å². The highest BCUT2D eigenvalue weighted by Gasteiger charge is 2.19. The molecule has 0 radical (unpaired) electrons. The maximum atomic E-state index is 4.31. The molecule has 94 valence electrons. The molecule has 0 unspecified atom stereocenters. The van der Waals surface area contributed by atoms with Gasteiger partial charge in [-0.25, -0.2) is 0 Å². The summed E-state index contributed by atoms with van der Waals surface area (Å²) in [6, 6.07) is 9.54. The molecule has 0 aliphatic heterocycles. The van der Waals surface area contributed by atoms with E-state index in [2.05, 4.69) is 47.8 Å². The summed E-state index contributed by atoms with van der Waals surface area (Å²) in [4.78, 5) is 0. The third kappa shape index (κ3) is 2.62. The van der Waals surface area contributed by atoms with E-state index >= 15 is 0 Å². The average Bonchev–Trinajstić information content (AvgIpc) is 3.12. The van der Waals surface area contributed by atoms with Gasteiger partial charge in [0, 0.05) is 30.9 Å². The van der Waals surface area contributed by atoms with E-state index in [9.17, 15) is 0 Å². The number of hydrogen-bond donors (Lipinski definition) is 1. The second-order valence-electron chi connectivity index (χ2n) is 4.94. The van der Waals surface area contributed by atoms with Gasteiger partial charge in [0.15, 0.2) is 0 Å². The Hall–Kier alpha value is -1.61. The molecule has 18 heavy (non-hydrogen) atoms. The molecule has 1 aromatic heterocycles. The van der Waals surface area contributed by atoms with Gasteiger partial charge >= 0.3 is 0 Å². The van der Waals surface area contributed by atoms with E-state index in [4.69, 9.17) is 0 Å². The molecular formula is C15H19N3. The topological polar surface area (TPSA) is 29.9 Å². The first-order valence-corrected chi connectivity index (χ1v) is 6.70. The number of aromatic nitrogens is 2. The van der Waals surface area contributed by atoms with Crippen molar-refractivity contribution in [3.8, 4) is 11.1 Å². The second-order valence-corrected chi connectivity index (χ2v) is 4.94. The highest BCUT2D eigenvalue weighted by atomic mass is 15.3. The number of aryl methyl sites for hydroxylation is 1. The van der Waals surface area contributed by atoms with Crippen LogP contribution >= 0.6 is 0 Å². The molecule has 1 aliphatic rings. The van der Waals surface area contributed by atoms with Gasteiger partial charge in [-0.1, -0.05) is 24.3 Å². The van der Waals surface area contributed by atoms with Crippen LogP contribution in [0.15, 0.2) is 36.7 Å². The van der Waals surface area contributed by atoms with Crippen molar-refractivity contribution in [3.63, 3.8) is 0 Å². The molecule has 0 saturated heterocycles. The van der Waals surface area contributed by atoms with Crippen LogP contribution in [0.25, 0.3) is 11.1 Å². The molecule has 0 bridgehead atoms. The second kappa shape index (κ2) is 4.94. The summed E-state index contributed by atoms with van der Waals surface area (Å²) in [5.41, 5.74) is 3.79. The molecule has 2 aromatic rings. The molecule has 1 N–H and O–H groups in total. The van der Waals surface area contributed by atoms with Crippen LogP contribution in [-0.2, 0) is 13.1 Å². The Kier molecular flexibility index (Phi) is 3.15. The highest BCUT2D eigenvalue weighted by Crippen LogP contribution is 2.21. The standard InChI is InChI=1S/C15H19N3/c1-2-18-11-14(10-17-18)13-5-3-12(4-6-13)9-16-15-7-8-15/h3-6,10-11,15-16H,2,7-9H2,1H3. The molecule has 3 heteroatoms. The third-order valence-electron chi connectivity index (χ3n) is 3.42. The third-order valence-corrected chi connectivity index (χ3v) is 3.42. The molecule has 1 aromatic carbocycles. The monoisotopic (exact) mass is 241 g/mol. The van der Waals surface area contributed by atoms with Crippen molar-refractivity contribution in [3.05, 3.63) is 42.2 Å². The molecular weight excluding hydrogens is 222 g/mol. The SMILES string of the molecule is CCn1cc(-c2ccc(CNC3CC3)cc2)cn1. The molecule has 1 aliphatic carbocycles. The smallest absolute Gasteiger partial charge is 0.0568 e. The van der Waals surface area contributed by atoms with E-state index in [0.29, 0.717) is 0 Å². The summed E-state index contributed by atoms with van der Waals surface area (Å²) >= 11 is 0. The summed E-state index contributed by atoms with van der Waals surface area (Å²) in [6.45, 7) is 4.01. The summed E-state index contributed by atoms with van der Waals surface area (Å²) in [5.74, 6) is 0. The maximum absolute atomic E-state index is 4.31. The predicted octanol–water partition coefficient (Wildman–Crippen LogP) is 2.82. The van der Waals surface area contributed by atoms with Crippen LogP contribution < -0.4 is 5.32 Å². The van der Waals surface area contributed by atoms with Crippen molar-refractivity contribution in [2.75, 3.05) is 0 Å². The van der Waals surface area contributed by atoms with Crippen LogP contribution in [0.1, 0.15) is 25.3 Å². The van der Waals surface area contributed by atoms with Gasteiger partial charge in [-0.2, -0.15) is 5.10 Å². The zero-order chi connectivity index (χ0) is 12.4. The highest BCUT2D eigenvalue weighted by molar-refractivity contribution is 5.61. The molecule has 1 fully saturated rings. The Balaban J connectivity index is 1.69. The molecule has 0 atom stereocenters. The van der Waals surface area contributed by atoms with Crippen LogP contribution in [0.2, 0.25) is 0 Å². The normalized spacial score (nSPS) is 14.9. The van der Waals surface area contributed by atoms with Crippen molar-refractivity contribution in [2.24, 2.45) is 0 Å². The lowest BCUT2D eigenvalue weighted by Gasteiger charge is -2.04. The van der Waals surface area contributed by atoms with E-state index in [1.54, 1.807) is 0 Å². The first kappa shape index (κ1) is 11.5. The fourth-order valence-corrected chi connectivity index (χ4v) is 2.05. The first-order chi connectivity index (χ1) is 8.85. The van der Waals surface area contributed by atoms with Gasteiger partial charge in [0.05, 0.1) is 6.20 Å². The van der Waals surface area contributed by atoms with Crippen molar-refractivity contribution in [1.29, 1.82) is 0 Å². The van der Waals surface area contributed by atoms with Crippen molar-refractivity contribution >= 4 is 0 Å². The minimum Gasteiger partial charge on any atom is -0.310 e. The lowest BCUT2D eigenvalue weighted by molar-refractivity contribution is 0.660. The van der Waals surface area contributed by atoms with Gasteiger partial charge in [0.2, 0.25) is 0 Å². The minimum atomic E-state index is 0.771. The Morgan fingerprint density at radius 3 is 2.61 bits per heavy atom. The summed E-state index contributed by atoms with van der Waals surface area (Å²) in [6.07, 6.45) is 6.71. The van der Waals surface area contributed by atoms with E-state index in [-0.39, 0.29) is 0 Å². The summed E-state index contributed by atoms with van der Waals surface area (Å²) in [5, 5.41) is 7.83. The lowest BCUT2D eigenvalue weighted by Crippen LogP contribution is -2.14. The zero-order valence-electron chi connectivity index (χ0n) is 10.8. The Morgan fingerprint density at radius 1 is 1.22 bits per heavy atom. The fraction of sp³-hybridized carbons (Fsp3) is 0.400. The lowest BCUT2D eigenvalue weighted by atomic mass is 10.1. The van der Waals surface area contributed by atoms with Crippen LogP contribution in [0.5, 0.6) is 0 Å². The summed E-state index contributed by atoms with van der Waals surface area (Å²) < 4.78 is 1.96.